The Balaban J connectivity index is 1.60. The van der Waals surface area contributed by atoms with E-state index in [4.69, 9.17) is 4.74 Å². The van der Waals surface area contributed by atoms with E-state index in [-0.39, 0.29) is 6.42 Å². The van der Waals surface area contributed by atoms with Crippen LogP contribution in [0, 0.1) is 25.5 Å². The van der Waals surface area contributed by atoms with Gasteiger partial charge in [0.25, 0.3) is 11.7 Å². The van der Waals surface area contributed by atoms with Crippen molar-refractivity contribution in [3.8, 4) is 0 Å². The Labute approximate surface area is 164 Å². The SMILES string of the molecule is Cc1nc2ncnn2c(C)c1CCC(=O)O[C@@H](C)C(=O)Nc1c(F)cccc1F. The zero-order valence-corrected chi connectivity index (χ0v) is 16.1. The summed E-state index contributed by atoms with van der Waals surface area (Å²) >= 11 is 0. The molecule has 2 aromatic heterocycles. The highest BCUT2D eigenvalue weighted by molar-refractivity contribution is 5.95. The quantitative estimate of drug-likeness (QED) is 0.635. The summed E-state index contributed by atoms with van der Waals surface area (Å²) in [6.45, 7) is 4.98. The van der Waals surface area contributed by atoms with Gasteiger partial charge >= 0.3 is 5.97 Å². The van der Waals surface area contributed by atoms with Gasteiger partial charge in [-0.2, -0.15) is 10.1 Å². The molecule has 1 amide bonds. The maximum Gasteiger partial charge on any atom is 0.306 e. The summed E-state index contributed by atoms with van der Waals surface area (Å²) in [5.41, 5.74) is 1.76. The van der Waals surface area contributed by atoms with E-state index >= 15 is 0 Å². The minimum Gasteiger partial charge on any atom is -0.453 e. The van der Waals surface area contributed by atoms with Crippen LogP contribution < -0.4 is 5.32 Å². The summed E-state index contributed by atoms with van der Waals surface area (Å²) < 4.78 is 33.9. The van der Waals surface area contributed by atoms with E-state index in [1.807, 2.05) is 6.92 Å². The number of carbonyl (C=O) groups is 2. The largest absolute Gasteiger partial charge is 0.453 e. The highest BCUT2D eigenvalue weighted by atomic mass is 19.1. The van der Waals surface area contributed by atoms with Crippen molar-refractivity contribution in [1.29, 1.82) is 0 Å². The van der Waals surface area contributed by atoms with Crippen LogP contribution >= 0.6 is 0 Å². The lowest BCUT2D eigenvalue weighted by molar-refractivity contribution is -0.153. The minimum atomic E-state index is -1.22. The second kappa shape index (κ2) is 8.29. The third-order valence-electron chi connectivity index (χ3n) is 4.46. The van der Waals surface area contributed by atoms with Crippen molar-refractivity contribution >= 4 is 23.3 Å². The number of benzene rings is 1. The Morgan fingerprint density at radius 2 is 1.93 bits per heavy atom. The van der Waals surface area contributed by atoms with Crippen molar-refractivity contribution in [2.75, 3.05) is 5.32 Å². The summed E-state index contributed by atoms with van der Waals surface area (Å²) in [6, 6.07) is 3.21. The van der Waals surface area contributed by atoms with Crippen molar-refractivity contribution in [2.24, 2.45) is 0 Å². The smallest absolute Gasteiger partial charge is 0.306 e. The summed E-state index contributed by atoms with van der Waals surface area (Å²) in [5, 5.41) is 6.18. The van der Waals surface area contributed by atoms with Gasteiger partial charge in [0, 0.05) is 17.8 Å². The summed E-state index contributed by atoms with van der Waals surface area (Å²) in [7, 11) is 0. The lowest BCUT2D eigenvalue weighted by atomic mass is 10.1. The van der Waals surface area contributed by atoms with Crippen LogP contribution in [0.4, 0.5) is 14.5 Å². The van der Waals surface area contributed by atoms with Crippen molar-refractivity contribution in [3.63, 3.8) is 0 Å². The first-order chi connectivity index (χ1) is 13.8. The molecule has 0 fully saturated rings. The van der Waals surface area contributed by atoms with Crippen LogP contribution in [-0.4, -0.2) is 37.6 Å². The number of esters is 1. The number of amides is 1. The molecule has 0 radical (unpaired) electrons. The zero-order valence-electron chi connectivity index (χ0n) is 16.1. The number of halogens is 2. The normalized spacial score (nSPS) is 12.0. The first kappa shape index (κ1) is 20.3. The van der Waals surface area contributed by atoms with Crippen LogP contribution in [0.3, 0.4) is 0 Å². The molecule has 29 heavy (non-hydrogen) atoms. The Hall–Kier alpha value is -3.43. The average molecular weight is 403 g/mol. The standard InChI is InChI=1S/C19H19F2N5O3/c1-10-13(11(2)26-19(24-10)22-9-23-26)7-8-16(27)29-12(3)18(28)25-17-14(20)5-4-6-15(17)21/h4-6,9,12H,7-8H2,1-3H3,(H,25,28)/t12-/m0/s1. The fraction of sp³-hybridized carbons (Fsp3) is 0.316. The minimum absolute atomic E-state index is 0.00472. The maximum absolute atomic E-state index is 13.6. The van der Waals surface area contributed by atoms with Crippen LogP contribution in [0.2, 0.25) is 0 Å². The fourth-order valence-corrected chi connectivity index (χ4v) is 2.90. The lowest BCUT2D eigenvalue weighted by Crippen LogP contribution is -2.30. The topological polar surface area (TPSA) is 98.5 Å². The van der Waals surface area contributed by atoms with Gasteiger partial charge in [-0.25, -0.2) is 18.3 Å². The van der Waals surface area contributed by atoms with E-state index in [1.54, 1.807) is 11.4 Å². The summed E-state index contributed by atoms with van der Waals surface area (Å²) in [4.78, 5) is 32.6. The van der Waals surface area contributed by atoms with Gasteiger partial charge in [-0.1, -0.05) is 6.07 Å². The molecule has 1 N–H and O–H groups in total. The zero-order chi connectivity index (χ0) is 21.1. The van der Waals surface area contributed by atoms with E-state index in [1.165, 1.54) is 19.3 Å². The number of carbonyl (C=O) groups excluding carboxylic acids is 2. The molecule has 0 aliphatic carbocycles. The first-order valence-corrected chi connectivity index (χ1v) is 8.88. The van der Waals surface area contributed by atoms with E-state index < -0.39 is 35.3 Å². The predicted molar refractivity (Wildman–Crippen MR) is 99.1 cm³/mol. The molecular weight excluding hydrogens is 384 g/mol. The highest BCUT2D eigenvalue weighted by Crippen LogP contribution is 2.19. The molecule has 0 bridgehead atoms. The van der Waals surface area contributed by atoms with Gasteiger partial charge in [0.15, 0.2) is 6.10 Å². The third-order valence-corrected chi connectivity index (χ3v) is 4.46. The molecule has 0 aliphatic heterocycles. The predicted octanol–water partition coefficient (Wildman–Crippen LogP) is 2.52. The Morgan fingerprint density at radius 1 is 1.24 bits per heavy atom. The van der Waals surface area contributed by atoms with Crippen LogP contribution in [0.5, 0.6) is 0 Å². The van der Waals surface area contributed by atoms with Gasteiger partial charge in [-0.3, -0.25) is 9.59 Å². The van der Waals surface area contributed by atoms with Gasteiger partial charge in [0.05, 0.1) is 0 Å². The number of aromatic nitrogens is 4. The van der Waals surface area contributed by atoms with Gasteiger partial charge in [-0.05, 0) is 44.9 Å². The Kier molecular flexibility index (Phi) is 5.81. The molecule has 3 aromatic rings. The molecular formula is C19H19F2N5O3. The van der Waals surface area contributed by atoms with E-state index in [0.29, 0.717) is 12.2 Å². The molecule has 1 aromatic carbocycles. The van der Waals surface area contributed by atoms with Crippen LogP contribution in [0.15, 0.2) is 24.5 Å². The highest BCUT2D eigenvalue weighted by Gasteiger charge is 2.21. The molecule has 2 heterocycles. The second-order valence-electron chi connectivity index (χ2n) is 6.45. The first-order valence-electron chi connectivity index (χ1n) is 8.88. The molecule has 1 atom stereocenters. The van der Waals surface area contributed by atoms with Gasteiger partial charge in [0.1, 0.15) is 23.6 Å². The number of nitrogens with zero attached hydrogens (tertiary/aromatic N) is 4. The van der Waals surface area contributed by atoms with Crippen molar-refractivity contribution in [3.05, 3.63) is 53.1 Å². The van der Waals surface area contributed by atoms with Gasteiger partial charge in [-0.15, -0.1) is 0 Å². The van der Waals surface area contributed by atoms with Crippen molar-refractivity contribution in [1.82, 2.24) is 19.6 Å². The number of hydrogen-bond acceptors (Lipinski definition) is 6. The molecule has 0 spiro atoms. The fourth-order valence-electron chi connectivity index (χ4n) is 2.90. The molecule has 8 nitrogen and oxygen atoms in total. The lowest BCUT2D eigenvalue weighted by Gasteiger charge is -2.15. The monoisotopic (exact) mass is 403 g/mol. The number of aryl methyl sites for hydroxylation is 2. The molecule has 0 aliphatic rings. The number of fused-ring (bicyclic) bond motifs is 1. The van der Waals surface area contributed by atoms with Crippen molar-refractivity contribution in [2.45, 2.75) is 39.7 Å². The molecule has 152 valence electrons. The van der Waals surface area contributed by atoms with E-state index in [0.717, 1.165) is 29.1 Å². The van der Waals surface area contributed by atoms with E-state index in [2.05, 4.69) is 20.4 Å². The summed E-state index contributed by atoms with van der Waals surface area (Å²) in [6.07, 6.45) is 0.496. The average Bonchev–Trinajstić information content (AvgIpc) is 3.13. The number of para-hydroxylation sites is 1. The van der Waals surface area contributed by atoms with Crippen LogP contribution in [0.1, 0.15) is 30.3 Å². The number of anilines is 1. The maximum atomic E-state index is 13.6. The van der Waals surface area contributed by atoms with E-state index in [9.17, 15) is 18.4 Å². The van der Waals surface area contributed by atoms with Crippen molar-refractivity contribution < 1.29 is 23.1 Å². The molecule has 10 heteroatoms. The number of nitrogens with one attached hydrogen (secondary N) is 1. The summed E-state index contributed by atoms with van der Waals surface area (Å²) in [5.74, 6) is -2.82. The third kappa shape index (κ3) is 4.36. The molecule has 0 saturated carbocycles. The Morgan fingerprint density at radius 3 is 2.62 bits per heavy atom. The van der Waals surface area contributed by atoms with Crippen LogP contribution in [0.25, 0.3) is 5.78 Å². The van der Waals surface area contributed by atoms with Crippen LogP contribution in [-0.2, 0) is 20.7 Å². The Bertz CT molecular complexity index is 1060. The number of ether oxygens (including phenoxy) is 1. The molecule has 3 rings (SSSR count). The molecule has 0 unspecified atom stereocenters. The number of rotatable bonds is 6. The van der Waals surface area contributed by atoms with Gasteiger partial charge < -0.3 is 10.1 Å². The molecule has 0 saturated heterocycles. The van der Waals surface area contributed by atoms with Gasteiger partial charge in [0.2, 0.25) is 0 Å². The number of hydrogen-bond donors (Lipinski definition) is 1. The second-order valence-corrected chi connectivity index (χ2v) is 6.45.